The van der Waals surface area contributed by atoms with Crippen LogP contribution in [-0.4, -0.2) is 47.2 Å². The lowest BCUT2D eigenvalue weighted by molar-refractivity contribution is -0.144. The molecule has 18 heavy (non-hydrogen) atoms. The highest BCUT2D eigenvalue weighted by Gasteiger charge is 2.53. The number of carbonyl (C=O) groups is 2. The summed E-state index contributed by atoms with van der Waals surface area (Å²) in [5, 5.41) is 10.2. The van der Waals surface area contributed by atoms with Crippen LogP contribution in [0.1, 0.15) is 26.2 Å². The highest BCUT2D eigenvalue weighted by atomic mass is 16.5. The number of aliphatic hydroxyl groups is 1. The Morgan fingerprint density at radius 2 is 1.94 bits per heavy atom. The molecule has 1 saturated carbocycles. The van der Waals surface area contributed by atoms with E-state index in [4.69, 9.17) is 4.74 Å². The molecule has 100 valence electrons. The zero-order valence-corrected chi connectivity index (χ0v) is 10.6. The van der Waals surface area contributed by atoms with E-state index >= 15 is 0 Å². The Kier molecular flexibility index (Phi) is 2.71. The van der Waals surface area contributed by atoms with Gasteiger partial charge < -0.3 is 9.84 Å². The van der Waals surface area contributed by atoms with Gasteiger partial charge in [0.1, 0.15) is 5.60 Å². The topological polar surface area (TPSA) is 66.8 Å². The van der Waals surface area contributed by atoms with Crippen molar-refractivity contribution < 1.29 is 19.4 Å². The predicted octanol–water partition coefficient (Wildman–Crippen LogP) is 0.169. The smallest absolute Gasteiger partial charge is 0.233 e. The number of hydrogen-bond donors (Lipinski definition) is 1. The average molecular weight is 253 g/mol. The molecule has 2 aliphatic heterocycles. The molecular formula is C13H19NO4. The second kappa shape index (κ2) is 4.03. The molecule has 0 bridgehead atoms. The number of ether oxygens (including phenoxy) is 1. The number of imide groups is 1. The van der Waals surface area contributed by atoms with Gasteiger partial charge in [0.05, 0.1) is 25.0 Å². The van der Waals surface area contributed by atoms with Crippen molar-refractivity contribution in [2.75, 3.05) is 19.8 Å². The highest BCUT2D eigenvalue weighted by Crippen LogP contribution is 2.43. The van der Waals surface area contributed by atoms with Crippen LogP contribution >= 0.6 is 0 Å². The van der Waals surface area contributed by atoms with Crippen LogP contribution in [0.3, 0.4) is 0 Å². The van der Waals surface area contributed by atoms with Crippen molar-refractivity contribution >= 4 is 11.8 Å². The van der Waals surface area contributed by atoms with Crippen LogP contribution in [0.15, 0.2) is 0 Å². The Hall–Kier alpha value is -0.940. The van der Waals surface area contributed by atoms with E-state index in [9.17, 15) is 14.7 Å². The molecule has 5 heteroatoms. The van der Waals surface area contributed by atoms with E-state index in [1.807, 2.05) is 0 Å². The van der Waals surface area contributed by atoms with E-state index in [1.54, 1.807) is 0 Å². The first-order valence-electron chi connectivity index (χ1n) is 6.65. The van der Waals surface area contributed by atoms with Crippen LogP contribution in [0.5, 0.6) is 0 Å². The largest absolute Gasteiger partial charge is 0.386 e. The van der Waals surface area contributed by atoms with Crippen molar-refractivity contribution in [3.63, 3.8) is 0 Å². The lowest BCUT2D eigenvalue weighted by Crippen LogP contribution is -2.46. The van der Waals surface area contributed by atoms with Gasteiger partial charge in [-0.05, 0) is 18.8 Å². The minimum Gasteiger partial charge on any atom is -0.386 e. The zero-order chi connectivity index (χ0) is 12.9. The number of β-amino-alcohol motifs (C(OH)–C–C–N with tert-alkyl or cyclic N) is 1. The van der Waals surface area contributed by atoms with E-state index in [0.29, 0.717) is 18.9 Å². The van der Waals surface area contributed by atoms with E-state index in [2.05, 4.69) is 6.92 Å². The predicted molar refractivity (Wildman–Crippen MR) is 62.5 cm³/mol. The van der Waals surface area contributed by atoms with Gasteiger partial charge in [-0.1, -0.05) is 6.92 Å². The van der Waals surface area contributed by atoms with Gasteiger partial charge in [-0.25, -0.2) is 0 Å². The summed E-state index contributed by atoms with van der Waals surface area (Å²) in [5.74, 6) is -0.00542. The van der Waals surface area contributed by atoms with Gasteiger partial charge in [0.2, 0.25) is 11.8 Å². The average Bonchev–Trinajstić information content (AvgIpc) is 2.95. The maximum absolute atomic E-state index is 12.2. The van der Waals surface area contributed by atoms with Crippen molar-refractivity contribution in [1.82, 2.24) is 4.90 Å². The molecule has 1 N–H and O–H groups in total. The van der Waals surface area contributed by atoms with E-state index < -0.39 is 5.60 Å². The Bertz CT molecular complexity index is 364. The molecule has 2 saturated heterocycles. The number of carbonyl (C=O) groups excluding carboxylic acids is 2. The van der Waals surface area contributed by atoms with Crippen LogP contribution in [0.2, 0.25) is 0 Å². The molecule has 2 heterocycles. The third kappa shape index (κ3) is 1.77. The van der Waals surface area contributed by atoms with Gasteiger partial charge in [-0.2, -0.15) is 0 Å². The van der Waals surface area contributed by atoms with Crippen LogP contribution in [-0.2, 0) is 14.3 Å². The third-order valence-electron chi connectivity index (χ3n) is 4.50. The monoisotopic (exact) mass is 253 g/mol. The molecular weight excluding hydrogens is 234 g/mol. The van der Waals surface area contributed by atoms with E-state index in [-0.39, 0.29) is 36.8 Å². The van der Waals surface area contributed by atoms with Gasteiger partial charge in [0.25, 0.3) is 0 Å². The first-order chi connectivity index (χ1) is 8.50. The normalized spacial score (nSPS) is 43.9. The van der Waals surface area contributed by atoms with Gasteiger partial charge >= 0.3 is 0 Å². The Balaban J connectivity index is 1.75. The van der Waals surface area contributed by atoms with Crippen LogP contribution in [0, 0.1) is 17.8 Å². The fourth-order valence-electron chi connectivity index (χ4n) is 3.52. The van der Waals surface area contributed by atoms with Gasteiger partial charge in [0, 0.05) is 13.0 Å². The molecule has 5 nitrogen and oxygen atoms in total. The molecule has 0 spiro atoms. The minimum atomic E-state index is -1.03. The summed E-state index contributed by atoms with van der Waals surface area (Å²) >= 11 is 0. The summed E-state index contributed by atoms with van der Waals surface area (Å²) < 4.78 is 5.15. The molecule has 3 rings (SSSR count). The Morgan fingerprint density at radius 1 is 1.33 bits per heavy atom. The summed E-state index contributed by atoms with van der Waals surface area (Å²) in [6.07, 6.45) is 2.11. The summed E-state index contributed by atoms with van der Waals surface area (Å²) in [6.45, 7) is 2.90. The number of rotatable bonds is 2. The first kappa shape index (κ1) is 12.1. The summed E-state index contributed by atoms with van der Waals surface area (Å²) in [4.78, 5) is 25.7. The van der Waals surface area contributed by atoms with E-state index in [1.165, 1.54) is 4.90 Å². The van der Waals surface area contributed by atoms with Gasteiger partial charge in [-0.15, -0.1) is 0 Å². The molecule has 0 radical (unpaired) electrons. The summed E-state index contributed by atoms with van der Waals surface area (Å²) in [7, 11) is 0. The van der Waals surface area contributed by atoms with Gasteiger partial charge in [0.15, 0.2) is 0 Å². The van der Waals surface area contributed by atoms with Crippen LogP contribution < -0.4 is 0 Å². The second-order valence-electron chi connectivity index (χ2n) is 6.08. The van der Waals surface area contributed by atoms with Crippen molar-refractivity contribution in [2.24, 2.45) is 17.8 Å². The number of nitrogens with zero attached hydrogens (tertiary/aromatic N) is 1. The number of fused-ring (bicyclic) bond motifs is 1. The molecule has 3 fully saturated rings. The highest BCUT2D eigenvalue weighted by molar-refractivity contribution is 6.05. The zero-order valence-electron chi connectivity index (χ0n) is 10.6. The molecule has 0 aromatic rings. The quantitative estimate of drug-likeness (QED) is 0.712. The Labute approximate surface area is 106 Å². The minimum absolute atomic E-state index is 0.0883. The maximum atomic E-state index is 12.2. The van der Waals surface area contributed by atoms with E-state index in [0.717, 1.165) is 12.8 Å². The fourth-order valence-corrected chi connectivity index (χ4v) is 3.52. The number of hydrogen-bond acceptors (Lipinski definition) is 4. The number of likely N-dealkylation sites (tertiary alicyclic amines) is 1. The SMILES string of the molecule is CC1CC2C(=O)N(CC3(O)CCOC3)C(=O)C2C1. The number of amides is 2. The lowest BCUT2D eigenvalue weighted by Gasteiger charge is -2.26. The second-order valence-corrected chi connectivity index (χ2v) is 6.08. The van der Waals surface area contributed by atoms with Crippen LogP contribution in [0.25, 0.3) is 0 Å². The molecule has 1 aliphatic carbocycles. The summed E-state index contributed by atoms with van der Waals surface area (Å²) in [6, 6.07) is 0. The molecule has 3 atom stereocenters. The van der Waals surface area contributed by atoms with Crippen molar-refractivity contribution in [3.8, 4) is 0 Å². The summed E-state index contributed by atoms with van der Waals surface area (Å²) in [5.41, 5.74) is -1.03. The third-order valence-corrected chi connectivity index (χ3v) is 4.50. The fraction of sp³-hybridized carbons (Fsp3) is 0.846. The lowest BCUT2D eigenvalue weighted by atomic mass is 10.00. The molecule has 3 unspecified atom stereocenters. The van der Waals surface area contributed by atoms with Crippen molar-refractivity contribution in [2.45, 2.75) is 31.8 Å². The van der Waals surface area contributed by atoms with Crippen molar-refractivity contribution in [1.29, 1.82) is 0 Å². The maximum Gasteiger partial charge on any atom is 0.233 e. The molecule has 0 aromatic carbocycles. The Morgan fingerprint density at radius 3 is 2.44 bits per heavy atom. The first-order valence-corrected chi connectivity index (χ1v) is 6.65. The van der Waals surface area contributed by atoms with Gasteiger partial charge in [-0.3, -0.25) is 14.5 Å². The standard InChI is InChI=1S/C13H19NO4/c1-8-4-9-10(5-8)12(16)14(11(9)15)6-13(17)2-3-18-7-13/h8-10,17H,2-7H2,1H3. The molecule has 3 aliphatic rings. The molecule has 2 amide bonds. The van der Waals surface area contributed by atoms with Crippen molar-refractivity contribution in [3.05, 3.63) is 0 Å². The molecule has 0 aromatic heterocycles. The van der Waals surface area contributed by atoms with Crippen LogP contribution in [0.4, 0.5) is 0 Å².